The second-order valence-corrected chi connectivity index (χ2v) is 6.40. The summed E-state index contributed by atoms with van der Waals surface area (Å²) in [7, 11) is 0. The van der Waals surface area contributed by atoms with E-state index in [1.54, 1.807) is 11.3 Å². The predicted octanol–water partition coefficient (Wildman–Crippen LogP) is 3.76. The average Bonchev–Trinajstić information content (AvgIpc) is 3.24. The maximum absolute atomic E-state index is 5.85. The summed E-state index contributed by atoms with van der Waals surface area (Å²) in [5, 5.41) is 6.72. The van der Waals surface area contributed by atoms with Gasteiger partial charge in [0.15, 0.2) is 11.5 Å². The van der Waals surface area contributed by atoms with Gasteiger partial charge in [-0.05, 0) is 23.6 Å². The summed E-state index contributed by atoms with van der Waals surface area (Å²) in [6.07, 6.45) is 0. The molecule has 0 spiro atoms. The highest BCUT2D eigenvalue weighted by molar-refractivity contribution is 7.80. The van der Waals surface area contributed by atoms with Gasteiger partial charge in [0.05, 0.1) is 16.1 Å². The lowest BCUT2D eigenvalue weighted by Crippen LogP contribution is -2.12. The van der Waals surface area contributed by atoms with Crippen molar-refractivity contribution in [2.45, 2.75) is 0 Å². The van der Waals surface area contributed by atoms with E-state index < -0.39 is 0 Å². The highest BCUT2D eigenvalue weighted by Crippen LogP contribution is 2.28. The van der Waals surface area contributed by atoms with Crippen LogP contribution >= 0.6 is 23.6 Å². The largest absolute Gasteiger partial charge is 0.389 e. The second-order valence-electron chi connectivity index (χ2n) is 5.01. The fraction of sp³-hybridized carbons (Fsp3) is 0. The van der Waals surface area contributed by atoms with E-state index in [4.69, 9.17) is 18.0 Å². The van der Waals surface area contributed by atoms with Gasteiger partial charge in [-0.1, -0.05) is 48.6 Å². The number of rotatable bonds is 3. The van der Waals surface area contributed by atoms with Crippen molar-refractivity contribution in [3.63, 3.8) is 0 Å². The highest BCUT2D eigenvalue weighted by Gasteiger charge is 2.15. The van der Waals surface area contributed by atoms with Gasteiger partial charge in [-0.3, -0.25) is 0 Å². The van der Waals surface area contributed by atoms with Crippen LogP contribution in [0.2, 0.25) is 0 Å². The minimum absolute atomic E-state index is 0.319. The number of hydrogen-bond acceptors (Lipinski definition) is 4. The van der Waals surface area contributed by atoms with Crippen LogP contribution in [-0.2, 0) is 0 Å². The standard InChI is InChI=1S/C17H12N4S2/c18-15(22)12-8-9-13(14-7-4-10-23-14)21-17(12)19-16(20-21)11-5-2-1-3-6-11/h1-10H,(H2,18,22). The Balaban J connectivity index is 2.02. The fourth-order valence-corrected chi connectivity index (χ4v) is 3.37. The summed E-state index contributed by atoms with van der Waals surface area (Å²) in [6.45, 7) is 0. The Morgan fingerprint density at radius 2 is 1.87 bits per heavy atom. The van der Waals surface area contributed by atoms with Crippen LogP contribution in [-0.4, -0.2) is 19.6 Å². The van der Waals surface area contributed by atoms with E-state index in [1.165, 1.54) is 0 Å². The van der Waals surface area contributed by atoms with Gasteiger partial charge < -0.3 is 5.73 Å². The smallest absolute Gasteiger partial charge is 0.182 e. The molecule has 3 heterocycles. The van der Waals surface area contributed by atoms with Gasteiger partial charge in [0, 0.05) is 5.56 Å². The molecule has 0 bridgehead atoms. The molecule has 4 aromatic rings. The molecule has 2 N–H and O–H groups in total. The minimum Gasteiger partial charge on any atom is -0.389 e. The zero-order chi connectivity index (χ0) is 15.8. The Kier molecular flexibility index (Phi) is 3.40. The minimum atomic E-state index is 0.319. The lowest BCUT2D eigenvalue weighted by Gasteiger charge is -2.05. The number of thiophene rings is 1. The predicted molar refractivity (Wildman–Crippen MR) is 97.6 cm³/mol. The summed E-state index contributed by atoms with van der Waals surface area (Å²) >= 11 is 6.82. The van der Waals surface area contributed by atoms with Crippen LogP contribution < -0.4 is 5.73 Å². The summed E-state index contributed by atoms with van der Waals surface area (Å²) in [6, 6.07) is 17.8. The van der Waals surface area contributed by atoms with Crippen LogP contribution in [0.25, 0.3) is 27.6 Å². The van der Waals surface area contributed by atoms with Crippen LogP contribution in [0.4, 0.5) is 0 Å². The van der Waals surface area contributed by atoms with Crippen molar-refractivity contribution in [3.05, 3.63) is 65.5 Å². The molecule has 23 heavy (non-hydrogen) atoms. The molecule has 0 aliphatic carbocycles. The molecule has 0 saturated heterocycles. The van der Waals surface area contributed by atoms with E-state index in [0.29, 0.717) is 16.5 Å². The molecule has 1 aromatic carbocycles. The van der Waals surface area contributed by atoms with Crippen LogP contribution in [0.1, 0.15) is 5.56 Å². The third-order valence-electron chi connectivity index (χ3n) is 3.56. The topological polar surface area (TPSA) is 56.2 Å². The average molecular weight is 336 g/mol. The molecule has 4 rings (SSSR count). The zero-order valence-corrected chi connectivity index (χ0v) is 13.6. The summed E-state index contributed by atoms with van der Waals surface area (Å²) < 4.78 is 1.82. The Hall–Kier alpha value is -2.57. The Morgan fingerprint density at radius 1 is 1.04 bits per heavy atom. The van der Waals surface area contributed by atoms with Crippen molar-refractivity contribution < 1.29 is 0 Å². The van der Waals surface area contributed by atoms with Crippen molar-refractivity contribution in [2.24, 2.45) is 5.73 Å². The Morgan fingerprint density at radius 3 is 2.57 bits per heavy atom. The van der Waals surface area contributed by atoms with Crippen molar-refractivity contribution in [1.29, 1.82) is 0 Å². The molecule has 6 heteroatoms. The molecule has 0 radical (unpaired) electrons. The molecule has 0 fully saturated rings. The molecule has 0 aliphatic rings. The molecular weight excluding hydrogens is 324 g/mol. The maximum Gasteiger partial charge on any atom is 0.182 e. The Bertz CT molecular complexity index is 988. The first-order chi connectivity index (χ1) is 11.2. The number of fused-ring (bicyclic) bond motifs is 1. The van der Waals surface area contributed by atoms with Gasteiger partial charge in [0.1, 0.15) is 4.99 Å². The van der Waals surface area contributed by atoms with Crippen molar-refractivity contribution in [2.75, 3.05) is 0 Å². The lowest BCUT2D eigenvalue weighted by atomic mass is 10.2. The first-order valence-electron chi connectivity index (χ1n) is 7.03. The third-order valence-corrected chi connectivity index (χ3v) is 4.67. The van der Waals surface area contributed by atoms with E-state index in [1.807, 2.05) is 58.4 Å². The number of thiocarbonyl (C=S) groups is 1. The van der Waals surface area contributed by atoms with Gasteiger partial charge >= 0.3 is 0 Å². The third kappa shape index (κ3) is 2.42. The number of nitrogens with two attached hydrogens (primary N) is 1. The zero-order valence-electron chi connectivity index (χ0n) is 12.0. The summed E-state index contributed by atoms with van der Waals surface area (Å²) in [5.74, 6) is 0.659. The number of hydrogen-bond donors (Lipinski definition) is 1. The fourth-order valence-electron chi connectivity index (χ4n) is 2.47. The van der Waals surface area contributed by atoms with E-state index in [-0.39, 0.29) is 0 Å². The number of aromatic nitrogens is 3. The molecule has 0 aliphatic heterocycles. The highest BCUT2D eigenvalue weighted by atomic mass is 32.1. The van der Waals surface area contributed by atoms with E-state index in [2.05, 4.69) is 16.1 Å². The lowest BCUT2D eigenvalue weighted by molar-refractivity contribution is 0.975. The summed E-state index contributed by atoms with van der Waals surface area (Å²) in [5.41, 5.74) is 9.20. The van der Waals surface area contributed by atoms with Gasteiger partial charge in [-0.15, -0.1) is 16.4 Å². The molecule has 0 saturated carbocycles. The molecule has 4 nitrogen and oxygen atoms in total. The Labute approximate surface area is 142 Å². The van der Waals surface area contributed by atoms with E-state index in [9.17, 15) is 0 Å². The van der Waals surface area contributed by atoms with E-state index in [0.717, 1.165) is 21.7 Å². The molecule has 112 valence electrons. The normalized spacial score (nSPS) is 11.0. The van der Waals surface area contributed by atoms with Crippen LogP contribution in [0.5, 0.6) is 0 Å². The maximum atomic E-state index is 5.85. The van der Waals surface area contributed by atoms with Crippen molar-refractivity contribution in [3.8, 4) is 22.0 Å². The van der Waals surface area contributed by atoms with Crippen molar-refractivity contribution >= 4 is 34.2 Å². The van der Waals surface area contributed by atoms with Crippen LogP contribution in [0.3, 0.4) is 0 Å². The molecule has 3 aromatic heterocycles. The molecule has 0 amide bonds. The van der Waals surface area contributed by atoms with E-state index >= 15 is 0 Å². The van der Waals surface area contributed by atoms with Gasteiger partial charge in [-0.2, -0.15) is 0 Å². The molecule has 0 atom stereocenters. The van der Waals surface area contributed by atoms with Crippen LogP contribution in [0, 0.1) is 0 Å². The van der Waals surface area contributed by atoms with Crippen molar-refractivity contribution in [1.82, 2.24) is 14.6 Å². The number of nitrogens with zero attached hydrogens (tertiary/aromatic N) is 3. The first-order valence-corrected chi connectivity index (χ1v) is 8.32. The van der Waals surface area contributed by atoms with Gasteiger partial charge in [-0.25, -0.2) is 9.50 Å². The number of benzene rings is 1. The van der Waals surface area contributed by atoms with Gasteiger partial charge in [0.2, 0.25) is 0 Å². The monoisotopic (exact) mass is 336 g/mol. The second kappa shape index (κ2) is 5.57. The SMILES string of the molecule is NC(=S)c1ccc(-c2cccs2)n2nc(-c3ccccc3)nc12. The molecular formula is C17H12N4S2. The number of pyridine rings is 1. The first kappa shape index (κ1) is 14.0. The van der Waals surface area contributed by atoms with Crippen LogP contribution in [0.15, 0.2) is 60.0 Å². The molecule has 0 unspecified atom stereocenters. The van der Waals surface area contributed by atoms with Gasteiger partial charge in [0.25, 0.3) is 0 Å². The quantitative estimate of drug-likeness (QED) is 0.579. The summed E-state index contributed by atoms with van der Waals surface area (Å²) in [4.78, 5) is 6.10.